The molecule has 1 aromatic heterocycles. The van der Waals surface area contributed by atoms with E-state index in [0.717, 1.165) is 53.7 Å². The van der Waals surface area contributed by atoms with Gasteiger partial charge in [-0.25, -0.2) is 4.39 Å². The fourth-order valence-corrected chi connectivity index (χ4v) is 4.76. The molecule has 1 spiro atoms. The molecule has 0 unspecified atom stereocenters. The Morgan fingerprint density at radius 3 is 2.93 bits per heavy atom. The average Bonchev–Trinajstić information content (AvgIpc) is 3.37. The van der Waals surface area contributed by atoms with E-state index < -0.39 is 0 Å². The van der Waals surface area contributed by atoms with Crippen LogP contribution >= 0.6 is 11.9 Å². The summed E-state index contributed by atoms with van der Waals surface area (Å²) in [6, 6.07) is 10.8. The number of aromatic nitrogens is 1. The third-order valence-electron chi connectivity index (χ3n) is 5.64. The number of nitrogens with one attached hydrogen (secondary N) is 1. The van der Waals surface area contributed by atoms with E-state index in [1.807, 2.05) is 12.1 Å². The van der Waals surface area contributed by atoms with Crippen molar-refractivity contribution in [3.8, 4) is 17.1 Å². The van der Waals surface area contributed by atoms with E-state index in [4.69, 9.17) is 9.26 Å². The number of methoxy groups -OCH3 is 1. The van der Waals surface area contributed by atoms with Crippen molar-refractivity contribution in [1.82, 2.24) is 5.16 Å². The lowest BCUT2D eigenvalue weighted by Crippen LogP contribution is -2.17. The Labute approximate surface area is 166 Å². The van der Waals surface area contributed by atoms with Gasteiger partial charge in [0, 0.05) is 16.5 Å². The molecule has 5 rings (SSSR count). The first-order valence-corrected chi connectivity index (χ1v) is 9.95. The molecule has 144 valence electrons. The van der Waals surface area contributed by atoms with Crippen LogP contribution in [0, 0.1) is 5.82 Å². The number of benzene rings is 2. The van der Waals surface area contributed by atoms with E-state index in [0.29, 0.717) is 16.5 Å². The Bertz CT molecular complexity index is 1060. The Morgan fingerprint density at radius 2 is 2.18 bits per heavy atom. The number of fused-ring (bicyclic) bond motifs is 4. The maximum Gasteiger partial charge on any atom is 0.183 e. The van der Waals surface area contributed by atoms with Crippen LogP contribution in [0.1, 0.15) is 29.5 Å². The van der Waals surface area contributed by atoms with Crippen LogP contribution in [0.4, 0.5) is 10.2 Å². The predicted octanol–water partition coefficient (Wildman–Crippen LogP) is 4.69. The summed E-state index contributed by atoms with van der Waals surface area (Å²) < 4.78 is 28.3. The van der Waals surface area contributed by atoms with Gasteiger partial charge in [-0.2, -0.15) is 0 Å². The minimum Gasteiger partial charge on any atom is -0.495 e. The molecule has 3 aromatic rings. The molecule has 0 bridgehead atoms. The van der Waals surface area contributed by atoms with Gasteiger partial charge < -0.3 is 19.1 Å². The monoisotopic (exact) mass is 398 g/mol. The van der Waals surface area contributed by atoms with E-state index in [9.17, 15) is 9.50 Å². The van der Waals surface area contributed by atoms with Crippen LogP contribution in [-0.4, -0.2) is 17.4 Å². The van der Waals surface area contributed by atoms with E-state index in [1.54, 1.807) is 12.1 Å². The number of halogens is 1. The first-order chi connectivity index (χ1) is 13.6. The normalized spacial score (nSPS) is 15.8. The molecule has 1 heterocycles. The van der Waals surface area contributed by atoms with Gasteiger partial charge in [0.05, 0.1) is 13.7 Å². The molecule has 0 amide bonds. The van der Waals surface area contributed by atoms with Crippen molar-refractivity contribution in [3.05, 3.63) is 58.9 Å². The second kappa shape index (κ2) is 6.53. The van der Waals surface area contributed by atoms with Crippen LogP contribution in [0.5, 0.6) is 5.75 Å². The summed E-state index contributed by atoms with van der Waals surface area (Å²) in [7, 11) is 1.52. The minimum absolute atomic E-state index is 0.0161. The lowest BCUT2D eigenvalue weighted by atomic mass is 9.79. The van der Waals surface area contributed by atoms with Gasteiger partial charge in [-0.1, -0.05) is 23.4 Å². The van der Waals surface area contributed by atoms with Gasteiger partial charge in [0.15, 0.2) is 11.6 Å². The summed E-state index contributed by atoms with van der Waals surface area (Å²) in [6.45, 7) is -0.0161. The standard InChI is InChI=1S/C21H19FN2O3S/c1-26-17-4-2-3-16(22)19(17)28-24-20-14-10-21(7-8-21)15-6-5-12(11-25)9-13(15)18(14)27-23-20/h2-6,9,25H,7-8,10-11H2,1H3,(H,23,24). The molecule has 2 aliphatic carbocycles. The fraction of sp³-hybridized carbons (Fsp3) is 0.286. The van der Waals surface area contributed by atoms with Crippen molar-refractivity contribution >= 4 is 17.8 Å². The Balaban J connectivity index is 1.50. The summed E-state index contributed by atoms with van der Waals surface area (Å²) in [5.74, 6) is 1.44. The molecule has 2 N–H and O–H groups in total. The summed E-state index contributed by atoms with van der Waals surface area (Å²) >= 11 is 1.13. The molecule has 1 fully saturated rings. The zero-order valence-corrected chi connectivity index (χ0v) is 16.1. The van der Waals surface area contributed by atoms with Crippen molar-refractivity contribution in [2.24, 2.45) is 0 Å². The molecular formula is C21H19FN2O3S. The van der Waals surface area contributed by atoms with Crippen LogP contribution in [0.25, 0.3) is 11.3 Å². The van der Waals surface area contributed by atoms with E-state index >= 15 is 0 Å². The van der Waals surface area contributed by atoms with Crippen molar-refractivity contribution in [1.29, 1.82) is 0 Å². The molecule has 2 aromatic carbocycles. The molecule has 2 aliphatic rings. The number of rotatable bonds is 5. The number of anilines is 1. The maximum atomic E-state index is 14.2. The van der Waals surface area contributed by atoms with Crippen molar-refractivity contribution in [2.75, 3.05) is 11.8 Å². The lowest BCUT2D eigenvalue weighted by molar-refractivity contribution is 0.282. The van der Waals surface area contributed by atoms with E-state index in [2.05, 4.69) is 15.9 Å². The average molecular weight is 398 g/mol. The third kappa shape index (κ3) is 2.69. The van der Waals surface area contributed by atoms with Gasteiger partial charge in [-0.15, -0.1) is 0 Å². The fourth-order valence-electron chi connectivity index (χ4n) is 3.98. The Morgan fingerprint density at radius 1 is 1.32 bits per heavy atom. The SMILES string of the molecule is COc1cccc(F)c1SNc1noc2c1CC1(CC1)c1ccc(CO)cc1-2. The molecule has 0 saturated heterocycles. The highest BCUT2D eigenvalue weighted by Gasteiger charge is 2.50. The topological polar surface area (TPSA) is 67.5 Å². The molecule has 28 heavy (non-hydrogen) atoms. The molecule has 5 nitrogen and oxygen atoms in total. The smallest absolute Gasteiger partial charge is 0.183 e. The zero-order chi connectivity index (χ0) is 19.3. The van der Waals surface area contributed by atoms with Crippen LogP contribution in [-0.2, 0) is 18.4 Å². The first kappa shape index (κ1) is 17.6. The second-order valence-electron chi connectivity index (χ2n) is 7.31. The van der Waals surface area contributed by atoms with Crippen LogP contribution in [0.2, 0.25) is 0 Å². The molecule has 1 saturated carbocycles. The van der Waals surface area contributed by atoms with Crippen LogP contribution in [0.15, 0.2) is 45.8 Å². The summed E-state index contributed by atoms with van der Waals surface area (Å²) in [6.07, 6.45) is 3.09. The molecule has 0 aliphatic heterocycles. The largest absolute Gasteiger partial charge is 0.495 e. The number of nitrogens with zero attached hydrogens (tertiary/aromatic N) is 1. The van der Waals surface area contributed by atoms with Crippen molar-refractivity contribution < 1.29 is 18.8 Å². The van der Waals surface area contributed by atoms with Gasteiger partial charge >= 0.3 is 0 Å². The van der Waals surface area contributed by atoms with Gasteiger partial charge in [-0.05, 0) is 60.5 Å². The van der Waals surface area contributed by atoms with Crippen LogP contribution < -0.4 is 9.46 Å². The highest BCUT2D eigenvalue weighted by atomic mass is 32.2. The molecular weight excluding hydrogens is 379 g/mol. The number of aliphatic hydroxyl groups is 1. The molecule has 0 radical (unpaired) electrons. The highest BCUT2D eigenvalue weighted by Crippen LogP contribution is 2.58. The van der Waals surface area contributed by atoms with Gasteiger partial charge in [0.25, 0.3) is 0 Å². The van der Waals surface area contributed by atoms with Gasteiger partial charge in [0.1, 0.15) is 16.5 Å². The van der Waals surface area contributed by atoms with Gasteiger partial charge in [0.2, 0.25) is 0 Å². The minimum atomic E-state index is -0.356. The quantitative estimate of drug-likeness (QED) is 0.608. The number of hydrogen-bond acceptors (Lipinski definition) is 6. The summed E-state index contributed by atoms with van der Waals surface area (Å²) in [5, 5.41) is 13.7. The van der Waals surface area contributed by atoms with E-state index in [1.165, 1.54) is 18.7 Å². The summed E-state index contributed by atoms with van der Waals surface area (Å²) in [4.78, 5) is 0.377. The van der Waals surface area contributed by atoms with Crippen LogP contribution in [0.3, 0.4) is 0 Å². The second-order valence-corrected chi connectivity index (χ2v) is 8.13. The third-order valence-corrected chi connectivity index (χ3v) is 6.54. The maximum absolute atomic E-state index is 14.2. The highest BCUT2D eigenvalue weighted by molar-refractivity contribution is 8.00. The molecule has 0 atom stereocenters. The number of aliphatic hydroxyl groups excluding tert-OH is 1. The number of ether oxygens (including phenoxy) is 1. The Hall–Kier alpha value is -2.51. The van der Waals surface area contributed by atoms with Crippen molar-refractivity contribution in [3.63, 3.8) is 0 Å². The first-order valence-electron chi connectivity index (χ1n) is 9.14. The van der Waals surface area contributed by atoms with Gasteiger partial charge in [-0.3, -0.25) is 0 Å². The summed E-state index contributed by atoms with van der Waals surface area (Å²) in [5.41, 5.74) is 4.24. The lowest BCUT2D eigenvalue weighted by Gasteiger charge is -2.25. The zero-order valence-electron chi connectivity index (χ0n) is 15.3. The molecule has 7 heteroatoms. The predicted molar refractivity (Wildman–Crippen MR) is 105 cm³/mol. The Kier molecular flexibility index (Phi) is 4.10. The number of hydrogen-bond donors (Lipinski definition) is 2. The van der Waals surface area contributed by atoms with Crippen molar-refractivity contribution in [2.45, 2.75) is 36.2 Å². The van der Waals surface area contributed by atoms with E-state index in [-0.39, 0.29) is 17.8 Å².